The van der Waals surface area contributed by atoms with Gasteiger partial charge in [0.05, 0.1) is 0 Å². The van der Waals surface area contributed by atoms with Crippen molar-refractivity contribution in [2.45, 2.75) is 47.5 Å². The normalized spacial score (nSPS) is 14.5. The molecule has 0 saturated carbocycles. The van der Waals surface area contributed by atoms with E-state index >= 15 is 0 Å². The molecule has 5 heteroatoms. The van der Waals surface area contributed by atoms with Gasteiger partial charge >= 0.3 is 190 Å². The monoisotopic (exact) mass is 534 g/mol. The predicted octanol–water partition coefficient (Wildman–Crippen LogP) is -4.42. The Kier molecular flexibility index (Phi) is 10.6. The van der Waals surface area contributed by atoms with E-state index in [0.717, 1.165) is 0 Å². The Labute approximate surface area is 225 Å². The molecule has 3 aromatic carbocycles. The largest absolute Gasteiger partial charge is 1.00 e. The molecule has 3 aromatic rings. The van der Waals surface area contributed by atoms with Gasteiger partial charge in [-0.15, -0.1) is 0 Å². The second kappa shape index (κ2) is 11.6. The van der Waals surface area contributed by atoms with Gasteiger partial charge in [0.2, 0.25) is 0 Å². The second-order valence-electron chi connectivity index (χ2n) is 8.87. The molecule has 0 radical (unpaired) electrons. The first-order valence-electron chi connectivity index (χ1n) is 10.5. The van der Waals surface area contributed by atoms with Gasteiger partial charge in [0.15, 0.2) is 0 Å². The van der Waals surface area contributed by atoms with Gasteiger partial charge in [-0.3, -0.25) is 0 Å². The van der Waals surface area contributed by atoms with Crippen LogP contribution in [-0.4, -0.2) is 8.80 Å². The van der Waals surface area contributed by atoms with E-state index in [1.807, 2.05) is 0 Å². The molecule has 32 heavy (non-hydrogen) atoms. The molecule has 1 aliphatic rings. The first kappa shape index (κ1) is 29.2. The summed E-state index contributed by atoms with van der Waals surface area (Å²) in [5.41, 5.74) is 10.0. The van der Waals surface area contributed by atoms with Crippen LogP contribution < -0.4 is 52.8 Å². The third-order valence-corrected chi connectivity index (χ3v) is 10.5. The summed E-state index contributed by atoms with van der Waals surface area (Å²) in [6, 6.07) is 21.4. The van der Waals surface area contributed by atoms with Crippen LogP contribution in [0.3, 0.4) is 0 Å². The molecule has 0 saturated heterocycles. The van der Waals surface area contributed by atoms with E-state index in [1.165, 1.54) is 53.2 Å². The van der Waals surface area contributed by atoms with E-state index < -0.39 is 8.80 Å². The van der Waals surface area contributed by atoms with Gasteiger partial charge in [0.1, 0.15) is 0 Å². The van der Waals surface area contributed by atoms with Crippen LogP contribution in [0.15, 0.2) is 60.2 Å². The minimum absolute atomic E-state index is 0. The van der Waals surface area contributed by atoms with Crippen LogP contribution in [0.5, 0.6) is 0 Å². The Morgan fingerprint density at radius 1 is 0.688 bits per heavy atom. The minimum atomic E-state index is -1.59. The molecular weight excluding hydrogens is 507 g/mol. The number of hydrogen-bond acceptors (Lipinski definition) is 0. The Morgan fingerprint density at radius 2 is 1.12 bits per heavy atom. The first-order valence-corrected chi connectivity index (χ1v) is 13.0. The number of rotatable bonds is 3. The van der Waals surface area contributed by atoms with Gasteiger partial charge in [-0.05, 0) is 0 Å². The molecule has 0 nitrogen and oxygen atoms in total. The van der Waals surface area contributed by atoms with Crippen molar-refractivity contribution in [1.82, 2.24) is 0 Å². The molecule has 0 amide bonds. The summed E-state index contributed by atoms with van der Waals surface area (Å²) < 4.78 is 1.49. The fourth-order valence-electron chi connectivity index (χ4n) is 5.03. The number of fused-ring (bicyclic) bond motifs is 1. The number of benzene rings is 3. The van der Waals surface area contributed by atoms with Crippen molar-refractivity contribution in [3.05, 3.63) is 93.6 Å². The molecule has 0 fully saturated rings. The summed E-state index contributed by atoms with van der Waals surface area (Å²) in [7, 11) is -1.59. The Hall–Kier alpha value is -0.799. The standard InChI is InChI=1S/C27H29Si.3ClH.Ti/c1-17-10-18(2)13-23(12-17)28(24-14-19(3)11-20(4)15-24)27-9-7-8-25-22(6)21(5)16-26(25)27;;;;/h7-15,22,28H,1-6H3;3*1H;/q;;;;+3/p-3. The number of halogens is 3. The average molecular weight is 536 g/mol. The Balaban J connectivity index is 0.00000171. The third-order valence-electron chi connectivity index (χ3n) is 6.35. The zero-order chi connectivity index (χ0) is 20.9. The van der Waals surface area contributed by atoms with E-state index in [9.17, 15) is 0 Å². The van der Waals surface area contributed by atoms with E-state index in [0.29, 0.717) is 5.92 Å². The van der Waals surface area contributed by atoms with Gasteiger partial charge in [-0.25, -0.2) is 0 Å². The maximum atomic E-state index is 2.44. The molecule has 1 aliphatic carbocycles. The molecule has 0 spiro atoms. The summed E-state index contributed by atoms with van der Waals surface area (Å²) >= 11 is 2.33. The topological polar surface area (TPSA) is 0 Å². The number of aryl methyl sites for hydroxylation is 4. The van der Waals surface area contributed by atoms with Crippen molar-refractivity contribution >= 4 is 28.2 Å². The summed E-state index contributed by atoms with van der Waals surface area (Å²) in [6.45, 7) is 13.6. The maximum Gasteiger partial charge on any atom is -1.00 e. The fraction of sp³-hybridized carbons (Fsp3) is 0.259. The molecule has 0 heterocycles. The summed E-state index contributed by atoms with van der Waals surface area (Å²) in [5.74, 6) is 0.526. The summed E-state index contributed by atoms with van der Waals surface area (Å²) in [6.07, 6.45) is 0. The van der Waals surface area contributed by atoms with Crippen LogP contribution in [0.2, 0.25) is 0 Å². The van der Waals surface area contributed by atoms with E-state index in [1.54, 1.807) is 5.19 Å². The van der Waals surface area contributed by atoms with Crippen LogP contribution in [0.1, 0.15) is 53.1 Å². The van der Waals surface area contributed by atoms with Crippen LogP contribution in [0.4, 0.5) is 0 Å². The van der Waals surface area contributed by atoms with Crippen molar-refractivity contribution in [3.8, 4) is 0 Å². The minimum Gasteiger partial charge on any atom is -1.00 e. The molecule has 1 unspecified atom stereocenters. The third kappa shape index (κ3) is 5.46. The summed E-state index contributed by atoms with van der Waals surface area (Å²) in [5, 5.41) is 4.65. The molecular formula is C27H29Cl3SiTi. The Bertz CT molecular complexity index is 1060. The van der Waals surface area contributed by atoms with Crippen LogP contribution in [0, 0.1) is 27.7 Å². The van der Waals surface area contributed by atoms with Crippen molar-refractivity contribution in [1.29, 1.82) is 0 Å². The molecule has 1 atom stereocenters. The second-order valence-corrected chi connectivity index (χ2v) is 12.5. The molecule has 166 valence electrons. The Morgan fingerprint density at radius 3 is 1.56 bits per heavy atom. The predicted molar refractivity (Wildman–Crippen MR) is 125 cm³/mol. The zero-order valence-corrected chi connectivity index (χ0v) is 24.5. The quantitative estimate of drug-likeness (QED) is 0.235. The van der Waals surface area contributed by atoms with E-state index in [4.69, 9.17) is 0 Å². The van der Waals surface area contributed by atoms with Gasteiger partial charge in [0.25, 0.3) is 0 Å². The van der Waals surface area contributed by atoms with Crippen LogP contribution in [-0.2, 0) is 20.4 Å². The van der Waals surface area contributed by atoms with Crippen LogP contribution >= 0.6 is 0 Å². The maximum absolute atomic E-state index is 2.44. The molecule has 0 aliphatic heterocycles. The van der Waals surface area contributed by atoms with E-state index in [2.05, 4.69) is 117 Å². The van der Waals surface area contributed by atoms with Crippen molar-refractivity contribution in [2.24, 2.45) is 0 Å². The van der Waals surface area contributed by atoms with Crippen molar-refractivity contribution in [3.63, 3.8) is 0 Å². The average Bonchev–Trinajstić information content (AvgIpc) is 2.85. The molecule has 0 aromatic heterocycles. The van der Waals surface area contributed by atoms with Crippen molar-refractivity contribution < 1.29 is 57.7 Å². The summed E-state index contributed by atoms with van der Waals surface area (Å²) in [4.78, 5) is 0. The number of allylic oxidation sites excluding steroid dienone is 1. The number of hydrogen-bond donors (Lipinski definition) is 0. The smallest absolute Gasteiger partial charge is 1.00 e. The van der Waals surface area contributed by atoms with Gasteiger partial charge < -0.3 is 37.2 Å². The fourth-order valence-corrected chi connectivity index (χ4v) is 9.77. The zero-order valence-electron chi connectivity index (χ0n) is 19.5. The first-order chi connectivity index (χ1) is 13.8. The van der Waals surface area contributed by atoms with Gasteiger partial charge in [-0.1, -0.05) is 0 Å². The molecule has 0 bridgehead atoms. The van der Waals surface area contributed by atoms with Gasteiger partial charge in [0, 0.05) is 0 Å². The SMILES string of the molecule is CC1=[C]([Ti+3])c2c(cccc2[SiH](c2cc(C)cc(C)c2)c2cc(C)cc(C)c2)C1C.[Cl-].[Cl-].[Cl-]. The molecule has 4 rings (SSSR count). The molecule has 0 N–H and O–H groups in total. The van der Waals surface area contributed by atoms with E-state index in [-0.39, 0.29) is 37.2 Å². The van der Waals surface area contributed by atoms with Crippen LogP contribution in [0.25, 0.3) is 3.88 Å². The van der Waals surface area contributed by atoms with Crippen molar-refractivity contribution in [2.75, 3.05) is 0 Å². The van der Waals surface area contributed by atoms with Gasteiger partial charge in [-0.2, -0.15) is 0 Å².